The van der Waals surface area contributed by atoms with Crippen LogP contribution in [0.15, 0.2) is 9.98 Å². The average molecular weight is 250 g/mol. The van der Waals surface area contributed by atoms with Gasteiger partial charge in [-0.1, -0.05) is 0 Å². The van der Waals surface area contributed by atoms with Crippen molar-refractivity contribution in [2.75, 3.05) is 24.5 Å². The molecule has 0 saturated carbocycles. The molecular weight excluding hydrogens is 238 g/mol. The van der Waals surface area contributed by atoms with E-state index in [1.807, 2.05) is 5.38 Å². The van der Waals surface area contributed by atoms with Crippen LogP contribution in [0.3, 0.4) is 0 Å². The molecule has 0 aromatic carbocycles. The predicted octanol–water partition coefficient (Wildman–Crippen LogP) is 1.69. The topological polar surface area (TPSA) is 42.1 Å². The Morgan fingerprint density at radius 3 is 2.92 bits per heavy atom. The molecule has 0 unspecified atom stereocenters. The lowest BCUT2D eigenvalue weighted by Gasteiger charge is -2.17. The van der Waals surface area contributed by atoms with Gasteiger partial charge in [-0.15, -0.1) is 11.3 Å². The van der Waals surface area contributed by atoms with E-state index in [9.17, 15) is 0 Å². The fourth-order valence-corrected chi connectivity index (χ4v) is 2.28. The molecule has 1 rings (SSSR count). The number of anilines is 1. The molecule has 5 heteroatoms. The number of nitrogens with zero attached hydrogens (tertiary/aromatic N) is 2. The molecule has 0 aliphatic rings. The molecule has 0 saturated heterocycles. The SMILES string of the molecule is CCN(CCN)c1nc(Br)cs1. The van der Waals surface area contributed by atoms with Crippen molar-refractivity contribution >= 4 is 32.4 Å². The summed E-state index contributed by atoms with van der Waals surface area (Å²) < 4.78 is 0.901. The number of likely N-dealkylation sites (N-methyl/N-ethyl adjacent to an activating group) is 1. The van der Waals surface area contributed by atoms with Crippen LogP contribution < -0.4 is 10.6 Å². The summed E-state index contributed by atoms with van der Waals surface area (Å²) in [5, 5.41) is 3.02. The molecule has 0 fully saturated rings. The minimum absolute atomic E-state index is 0.672. The van der Waals surface area contributed by atoms with Crippen LogP contribution >= 0.6 is 27.3 Å². The number of hydrogen-bond donors (Lipinski definition) is 1. The number of hydrogen-bond acceptors (Lipinski definition) is 4. The summed E-state index contributed by atoms with van der Waals surface area (Å²) in [4.78, 5) is 6.47. The summed E-state index contributed by atoms with van der Waals surface area (Å²) in [5.74, 6) is 0. The Balaban J connectivity index is 2.66. The van der Waals surface area contributed by atoms with E-state index in [0.29, 0.717) is 6.54 Å². The zero-order chi connectivity index (χ0) is 8.97. The van der Waals surface area contributed by atoms with E-state index in [4.69, 9.17) is 5.73 Å². The number of aromatic nitrogens is 1. The molecule has 3 nitrogen and oxygen atoms in total. The Kier molecular flexibility index (Phi) is 3.97. The fraction of sp³-hybridized carbons (Fsp3) is 0.571. The van der Waals surface area contributed by atoms with Crippen LogP contribution in [0, 0.1) is 0 Å². The summed E-state index contributed by atoms with van der Waals surface area (Å²) in [7, 11) is 0. The minimum atomic E-state index is 0.672. The Morgan fingerprint density at radius 2 is 2.50 bits per heavy atom. The van der Waals surface area contributed by atoms with Crippen LogP contribution in [-0.2, 0) is 0 Å². The standard InChI is InChI=1S/C7H12BrN3S/c1-2-11(4-3-9)7-10-6(8)5-12-7/h5H,2-4,9H2,1H3. The van der Waals surface area contributed by atoms with Crippen LogP contribution in [0.25, 0.3) is 0 Å². The molecule has 0 atom stereocenters. The maximum absolute atomic E-state index is 5.47. The van der Waals surface area contributed by atoms with Crippen molar-refractivity contribution in [3.63, 3.8) is 0 Å². The second kappa shape index (κ2) is 4.79. The Hall–Kier alpha value is -0.130. The van der Waals surface area contributed by atoms with Gasteiger partial charge < -0.3 is 10.6 Å². The van der Waals surface area contributed by atoms with Crippen molar-refractivity contribution in [3.8, 4) is 0 Å². The van der Waals surface area contributed by atoms with Crippen molar-refractivity contribution in [2.24, 2.45) is 5.73 Å². The van der Waals surface area contributed by atoms with Gasteiger partial charge in [-0.25, -0.2) is 4.98 Å². The second-order valence-corrected chi connectivity index (χ2v) is 3.97. The lowest BCUT2D eigenvalue weighted by atomic mass is 10.5. The van der Waals surface area contributed by atoms with Gasteiger partial charge in [-0.3, -0.25) is 0 Å². The lowest BCUT2D eigenvalue weighted by molar-refractivity contribution is 0.811. The third-order valence-electron chi connectivity index (χ3n) is 1.52. The van der Waals surface area contributed by atoms with Crippen LogP contribution in [-0.4, -0.2) is 24.6 Å². The maximum Gasteiger partial charge on any atom is 0.186 e. The van der Waals surface area contributed by atoms with Crippen LogP contribution in [0.5, 0.6) is 0 Å². The van der Waals surface area contributed by atoms with Crippen molar-refractivity contribution in [1.29, 1.82) is 0 Å². The third kappa shape index (κ3) is 2.43. The van der Waals surface area contributed by atoms with Crippen molar-refractivity contribution in [3.05, 3.63) is 9.98 Å². The molecule has 1 aromatic heterocycles. The van der Waals surface area contributed by atoms with Crippen molar-refractivity contribution in [2.45, 2.75) is 6.92 Å². The van der Waals surface area contributed by atoms with E-state index in [1.54, 1.807) is 11.3 Å². The van der Waals surface area contributed by atoms with E-state index < -0.39 is 0 Å². The van der Waals surface area contributed by atoms with Gasteiger partial charge >= 0.3 is 0 Å². The molecule has 0 bridgehead atoms. The molecule has 0 aliphatic heterocycles. The third-order valence-corrected chi connectivity index (χ3v) is 3.13. The van der Waals surface area contributed by atoms with Gasteiger partial charge in [-0.2, -0.15) is 0 Å². The first-order valence-electron chi connectivity index (χ1n) is 3.84. The highest BCUT2D eigenvalue weighted by atomic mass is 79.9. The normalized spacial score (nSPS) is 10.2. The summed E-state index contributed by atoms with van der Waals surface area (Å²) in [6, 6.07) is 0. The molecule has 0 radical (unpaired) electrons. The van der Waals surface area contributed by atoms with E-state index in [2.05, 4.69) is 32.7 Å². The largest absolute Gasteiger partial charge is 0.347 e. The van der Waals surface area contributed by atoms with Crippen LogP contribution in [0.2, 0.25) is 0 Å². The zero-order valence-corrected chi connectivity index (χ0v) is 9.36. The van der Waals surface area contributed by atoms with Gasteiger partial charge in [0.15, 0.2) is 5.13 Å². The first-order valence-corrected chi connectivity index (χ1v) is 5.51. The molecule has 1 aromatic rings. The lowest BCUT2D eigenvalue weighted by Crippen LogP contribution is -2.28. The molecule has 0 amide bonds. The summed E-state index contributed by atoms with van der Waals surface area (Å²) in [6.45, 7) is 4.60. The highest BCUT2D eigenvalue weighted by Crippen LogP contribution is 2.22. The van der Waals surface area contributed by atoms with E-state index in [-0.39, 0.29) is 0 Å². The molecular formula is C7H12BrN3S. The van der Waals surface area contributed by atoms with E-state index in [0.717, 1.165) is 22.8 Å². The van der Waals surface area contributed by atoms with Crippen LogP contribution in [0.4, 0.5) is 5.13 Å². The van der Waals surface area contributed by atoms with Crippen LogP contribution in [0.1, 0.15) is 6.92 Å². The molecule has 68 valence electrons. The number of nitrogens with two attached hydrogens (primary N) is 1. The van der Waals surface area contributed by atoms with Crippen molar-refractivity contribution in [1.82, 2.24) is 4.98 Å². The van der Waals surface area contributed by atoms with E-state index >= 15 is 0 Å². The highest BCUT2D eigenvalue weighted by Gasteiger charge is 2.06. The molecule has 0 aliphatic carbocycles. The smallest absolute Gasteiger partial charge is 0.186 e. The highest BCUT2D eigenvalue weighted by molar-refractivity contribution is 9.10. The molecule has 12 heavy (non-hydrogen) atoms. The first-order chi connectivity index (χ1) is 5.77. The second-order valence-electron chi connectivity index (χ2n) is 2.32. The van der Waals surface area contributed by atoms with Gasteiger partial charge in [0.25, 0.3) is 0 Å². The van der Waals surface area contributed by atoms with Gasteiger partial charge in [0.2, 0.25) is 0 Å². The summed E-state index contributed by atoms with van der Waals surface area (Å²) >= 11 is 4.96. The predicted molar refractivity (Wildman–Crippen MR) is 56.8 cm³/mol. The molecule has 2 N–H and O–H groups in total. The Morgan fingerprint density at radius 1 is 1.75 bits per heavy atom. The van der Waals surface area contributed by atoms with Gasteiger partial charge in [-0.05, 0) is 22.9 Å². The van der Waals surface area contributed by atoms with Crippen molar-refractivity contribution < 1.29 is 0 Å². The summed E-state index contributed by atoms with van der Waals surface area (Å²) in [5.41, 5.74) is 5.47. The monoisotopic (exact) mass is 249 g/mol. The number of thiazole rings is 1. The average Bonchev–Trinajstić information content (AvgIpc) is 2.47. The maximum atomic E-state index is 5.47. The van der Waals surface area contributed by atoms with E-state index in [1.165, 1.54) is 0 Å². The Bertz CT molecular complexity index is 238. The van der Waals surface area contributed by atoms with Gasteiger partial charge in [0.05, 0.1) is 0 Å². The minimum Gasteiger partial charge on any atom is -0.347 e. The first kappa shape index (κ1) is 9.95. The Labute approximate surface area is 84.7 Å². The zero-order valence-electron chi connectivity index (χ0n) is 6.96. The molecule has 0 spiro atoms. The number of halogens is 1. The fourth-order valence-electron chi connectivity index (χ4n) is 0.936. The van der Waals surface area contributed by atoms with Gasteiger partial charge in [0.1, 0.15) is 4.60 Å². The van der Waals surface area contributed by atoms with Gasteiger partial charge in [0, 0.05) is 25.0 Å². The molecule has 1 heterocycles. The number of rotatable bonds is 4. The quantitative estimate of drug-likeness (QED) is 0.884. The summed E-state index contributed by atoms with van der Waals surface area (Å²) in [6.07, 6.45) is 0.